The number of rotatable bonds is 7. The third kappa shape index (κ3) is 4.69. The van der Waals surface area contributed by atoms with Crippen LogP contribution in [0.25, 0.3) is 0 Å². The number of aliphatic hydroxyl groups is 1. The van der Waals surface area contributed by atoms with Gasteiger partial charge in [0.1, 0.15) is 5.82 Å². The van der Waals surface area contributed by atoms with E-state index in [4.69, 9.17) is 9.47 Å². The van der Waals surface area contributed by atoms with Gasteiger partial charge in [-0.2, -0.15) is 0 Å². The summed E-state index contributed by atoms with van der Waals surface area (Å²) in [5.74, 6) is 0.885. The summed E-state index contributed by atoms with van der Waals surface area (Å²) in [6, 6.07) is 11.4. The summed E-state index contributed by atoms with van der Waals surface area (Å²) in [6.07, 6.45) is 1.72. The van der Waals surface area contributed by atoms with Crippen molar-refractivity contribution in [3.05, 3.63) is 65.7 Å². The van der Waals surface area contributed by atoms with Crippen LogP contribution in [0.1, 0.15) is 11.3 Å². The van der Waals surface area contributed by atoms with Crippen LogP contribution in [-0.2, 0) is 17.9 Å². The van der Waals surface area contributed by atoms with E-state index >= 15 is 0 Å². The van der Waals surface area contributed by atoms with E-state index < -0.39 is 0 Å². The number of hydrogen-bond acceptors (Lipinski definition) is 6. The molecule has 1 aliphatic rings. The summed E-state index contributed by atoms with van der Waals surface area (Å²) in [5, 5.41) is 12.8. The lowest BCUT2D eigenvalue weighted by atomic mass is 10.2. The lowest BCUT2D eigenvalue weighted by Crippen LogP contribution is -2.14. The molecular formula is C20H18FN3O4S. The molecule has 0 unspecified atom stereocenters. The highest BCUT2D eigenvalue weighted by molar-refractivity contribution is 7.99. The number of hydrogen-bond donors (Lipinski definition) is 2. The van der Waals surface area contributed by atoms with Crippen molar-refractivity contribution in [2.75, 3.05) is 17.9 Å². The van der Waals surface area contributed by atoms with E-state index in [1.807, 2.05) is 4.57 Å². The quantitative estimate of drug-likeness (QED) is 0.577. The lowest BCUT2D eigenvalue weighted by Gasteiger charge is -2.08. The predicted octanol–water partition coefficient (Wildman–Crippen LogP) is 3.02. The van der Waals surface area contributed by atoms with Gasteiger partial charge in [0.15, 0.2) is 16.7 Å². The molecule has 4 rings (SSSR count). The van der Waals surface area contributed by atoms with Crippen LogP contribution < -0.4 is 14.8 Å². The number of aliphatic hydroxyl groups excluding tert-OH is 1. The molecule has 0 atom stereocenters. The first-order valence-corrected chi connectivity index (χ1v) is 9.83. The second-order valence-corrected chi connectivity index (χ2v) is 7.27. The van der Waals surface area contributed by atoms with Crippen LogP contribution in [0.15, 0.2) is 53.8 Å². The molecule has 150 valence electrons. The van der Waals surface area contributed by atoms with E-state index in [1.165, 1.54) is 23.9 Å². The summed E-state index contributed by atoms with van der Waals surface area (Å²) in [5.41, 5.74) is 2.01. The van der Waals surface area contributed by atoms with Crippen molar-refractivity contribution >= 4 is 23.4 Å². The molecule has 7 nitrogen and oxygen atoms in total. The minimum Gasteiger partial charge on any atom is -0.454 e. The molecular weight excluding hydrogens is 397 g/mol. The number of fused-ring (bicyclic) bond motifs is 1. The molecule has 3 aromatic rings. The second kappa shape index (κ2) is 8.54. The molecule has 1 aliphatic heterocycles. The summed E-state index contributed by atoms with van der Waals surface area (Å²) in [7, 11) is 0. The smallest absolute Gasteiger partial charge is 0.234 e. The van der Waals surface area contributed by atoms with Gasteiger partial charge >= 0.3 is 0 Å². The van der Waals surface area contributed by atoms with Crippen LogP contribution in [0, 0.1) is 5.82 Å². The van der Waals surface area contributed by atoms with Crippen LogP contribution in [0.4, 0.5) is 10.1 Å². The van der Waals surface area contributed by atoms with Gasteiger partial charge in [-0.05, 0) is 29.8 Å². The minimum atomic E-state index is -0.301. The van der Waals surface area contributed by atoms with Gasteiger partial charge in [0.05, 0.1) is 18.1 Å². The first kappa shape index (κ1) is 19.3. The van der Waals surface area contributed by atoms with Gasteiger partial charge in [0.2, 0.25) is 12.7 Å². The molecule has 0 radical (unpaired) electrons. The van der Waals surface area contributed by atoms with Gasteiger partial charge in [-0.1, -0.05) is 23.9 Å². The molecule has 0 aliphatic carbocycles. The van der Waals surface area contributed by atoms with E-state index in [9.17, 15) is 14.3 Å². The molecule has 2 N–H and O–H groups in total. The summed E-state index contributed by atoms with van der Waals surface area (Å²) >= 11 is 1.26. The van der Waals surface area contributed by atoms with Gasteiger partial charge in [0.25, 0.3) is 0 Å². The third-order valence-corrected chi connectivity index (χ3v) is 5.20. The Balaban J connectivity index is 1.40. The fourth-order valence-electron chi connectivity index (χ4n) is 2.84. The zero-order chi connectivity index (χ0) is 20.2. The van der Waals surface area contributed by atoms with Crippen molar-refractivity contribution in [3.63, 3.8) is 0 Å². The van der Waals surface area contributed by atoms with E-state index in [-0.39, 0.29) is 30.9 Å². The number of carbonyl (C=O) groups is 1. The molecule has 1 aromatic heterocycles. The molecule has 0 bridgehead atoms. The first-order valence-electron chi connectivity index (χ1n) is 8.84. The van der Waals surface area contributed by atoms with Gasteiger partial charge in [0, 0.05) is 24.5 Å². The average molecular weight is 415 g/mol. The maximum Gasteiger partial charge on any atom is 0.234 e. The van der Waals surface area contributed by atoms with Crippen LogP contribution in [0.2, 0.25) is 0 Å². The highest BCUT2D eigenvalue weighted by Crippen LogP contribution is 2.34. The number of aromatic nitrogens is 2. The summed E-state index contributed by atoms with van der Waals surface area (Å²) < 4.78 is 25.5. The zero-order valence-corrected chi connectivity index (χ0v) is 16.1. The zero-order valence-electron chi connectivity index (χ0n) is 15.3. The molecule has 1 amide bonds. The minimum absolute atomic E-state index is 0.139. The van der Waals surface area contributed by atoms with Gasteiger partial charge in [-0.3, -0.25) is 4.79 Å². The maximum absolute atomic E-state index is 13.1. The molecule has 0 fully saturated rings. The third-order valence-electron chi connectivity index (χ3n) is 4.21. The first-order chi connectivity index (χ1) is 14.1. The Kier molecular flexibility index (Phi) is 5.68. The number of benzene rings is 2. The number of thioether (sulfide) groups is 1. The molecule has 2 heterocycles. The number of nitrogens with zero attached hydrogens (tertiary/aromatic N) is 2. The molecule has 29 heavy (non-hydrogen) atoms. The Morgan fingerprint density at radius 2 is 2.00 bits per heavy atom. The standard InChI is InChI=1S/C20H18FN3O4S/c21-14-3-1-13(2-4-14)8-24-9-16(10-25)23-20(24)29-11-19(26)22-15-5-6-17-18(7-15)28-12-27-17/h1-7,9,25H,8,10-12H2,(H,22,26). The summed E-state index contributed by atoms with van der Waals surface area (Å²) in [6.45, 7) is 0.430. The number of anilines is 1. The van der Waals surface area contributed by atoms with Crippen molar-refractivity contribution in [2.24, 2.45) is 0 Å². The van der Waals surface area contributed by atoms with Gasteiger partial charge < -0.3 is 24.5 Å². The number of ether oxygens (including phenoxy) is 2. The van der Waals surface area contributed by atoms with Crippen molar-refractivity contribution in [3.8, 4) is 11.5 Å². The van der Waals surface area contributed by atoms with E-state index in [1.54, 1.807) is 36.5 Å². The molecule has 2 aromatic carbocycles. The Morgan fingerprint density at radius 3 is 2.79 bits per heavy atom. The van der Waals surface area contributed by atoms with Crippen molar-refractivity contribution in [1.29, 1.82) is 0 Å². The SMILES string of the molecule is O=C(CSc1nc(CO)cn1Cc1ccc(F)cc1)Nc1ccc2c(c1)OCO2. The van der Waals surface area contributed by atoms with Gasteiger partial charge in [-0.15, -0.1) is 0 Å². The van der Waals surface area contributed by atoms with Gasteiger partial charge in [-0.25, -0.2) is 9.37 Å². The highest BCUT2D eigenvalue weighted by atomic mass is 32.2. The lowest BCUT2D eigenvalue weighted by molar-refractivity contribution is -0.113. The number of halogens is 1. The fourth-order valence-corrected chi connectivity index (χ4v) is 3.64. The van der Waals surface area contributed by atoms with Crippen LogP contribution in [0.3, 0.4) is 0 Å². The van der Waals surface area contributed by atoms with Crippen molar-refractivity contribution in [2.45, 2.75) is 18.3 Å². The largest absolute Gasteiger partial charge is 0.454 e. The Morgan fingerprint density at radius 1 is 1.21 bits per heavy atom. The van der Waals surface area contributed by atoms with E-state index in [2.05, 4.69) is 10.3 Å². The number of amides is 1. The van der Waals surface area contributed by atoms with E-state index in [0.29, 0.717) is 34.6 Å². The van der Waals surface area contributed by atoms with Crippen LogP contribution in [-0.4, -0.2) is 33.1 Å². The highest BCUT2D eigenvalue weighted by Gasteiger charge is 2.15. The molecule has 0 saturated carbocycles. The Hall–Kier alpha value is -3.04. The second-order valence-electron chi connectivity index (χ2n) is 6.33. The number of nitrogens with one attached hydrogen (secondary N) is 1. The van der Waals surface area contributed by atoms with Crippen LogP contribution in [0.5, 0.6) is 11.5 Å². The molecule has 9 heteroatoms. The maximum atomic E-state index is 13.1. The molecule has 0 saturated heterocycles. The fraction of sp³-hybridized carbons (Fsp3) is 0.200. The van der Waals surface area contributed by atoms with Crippen LogP contribution >= 0.6 is 11.8 Å². The monoisotopic (exact) mass is 415 g/mol. The Bertz CT molecular complexity index is 1020. The topological polar surface area (TPSA) is 85.6 Å². The van der Waals surface area contributed by atoms with Crippen molar-refractivity contribution < 1.29 is 23.8 Å². The predicted molar refractivity (Wildman–Crippen MR) is 106 cm³/mol. The van der Waals surface area contributed by atoms with E-state index in [0.717, 1.165) is 5.56 Å². The normalized spacial score (nSPS) is 12.2. The summed E-state index contributed by atoms with van der Waals surface area (Å²) in [4.78, 5) is 16.7. The number of imidazole rings is 1. The Labute approximate surface area is 170 Å². The molecule has 0 spiro atoms. The number of carbonyl (C=O) groups excluding carboxylic acids is 1. The van der Waals surface area contributed by atoms with Crippen molar-refractivity contribution in [1.82, 2.24) is 9.55 Å². The average Bonchev–Trinajstić information content (AvgIpc) is 3.34.